The van der Waals surface area contributed by atoms with E-state index in [1.54, 1.807) is 11.1 Å². The number of carbonyl (C=O) groups excluding carboxylic acids is 2. The van der Waals surface area contributed by atoms with Crippen LogP contribution in [0.4, 0.5) is 0 Å². The third-order valence-electron chi connectivity index (χ3n) is 6.80. The minimum atomic E-state index is -0.330. The van der Waals surface area contributed by atoms with E-state index in [-0.39, 0.29) is 29.8 Å². The molecule has 1 aromatic rings. The van der Waals surface area contributed by atoms with E-state index in [9.17, 15) is 9.59 Å². The van der Waals surface area contributed by atoms with Crippen molar-refractivity contribution in [1.29, 1.82) is 0 Å². The topological polar surface area (TPSA) is 53.1 Å². The van der Waals surface area contributed by atoms with Gasteiger partial charge in [0.2, 0.25) is 5.91 Å². The van der Waals surface area contributed by atoms with Gasteiger partial charge in [0.25, 0.3) is 0 Å². The molecule has 2 heterocycles. The highest BCUT2D eigenvalue weighted by atomic mass is 35.5. The molecule has 4 rings (SSSR count). The Bertz CT molecular complexity index is 917. The van der Waals surface area contributed by atoms with Crippen LogP contribution in [0.2, 0.25) is 5.02 Å². The summed E-state index contributed by atoms with van der Waals surface area (Å²) in [7, 11) is 1.40. The average Bonchev–Trinajstić information content (AvgIpc) is 3.20. The number of piperazine rings is 1. The number of esters is 1. The molecular weight excluding hydrogens is 426 g/mol. The largest absolute Gasteiger partial charge is 0.466 e. The SMILES string of the molecule is COC(=O)C1=CN(C(C)C)C(=O)[C@@H]2C(CN3CCN(Cc4ccc(Cl)cc4)CC3)=CC[C@H]12. The van der Waals surface area contributed by atoms with Gasteiger partial charge < -0.3 is 9.64 Å². The molecular formula is C25H32ClN3O3. The molecule has 3 aliphatic rings. The zero-order chi connectivity index (χ0) is 22.8. The molecule has 0 aromatic heterocycles. The highest BCUT2D eigenvalue weighted by molar-refractivity contribution is 6.30. The quantitative estimate of drug-likeness (QED) is 0.484. The Hall–Kier alpha value is -2.15. The molecule has 0 N–H and O–H groups in total. The number of ether oxygens (including phenoxy) is 1. The van der Waals surface area contributed by atoms with Gasteiger partial charge in [0.15, 0.2) is 0 Å². The number of amides is 1. The molecule has 1 amide bonds. The first-order chi connectivity index (χ1) is 15.4. The predicted molar refractivity (Wildman–Crippen MR) is 125 cm³/mol. The maximum absolute atomic E-state index is 13.3. The number of rotatable bonds is 6. The molecule has 0 spiro atoms. The van der Waals surface area contributed by atoms with Crippen molar-refractivity contribution >= 4 is 23.5 Å². The Morgan fingerprint density at radius 2 is 1.72 bits per heavy atom. The van der Waals surface area contributed by atoms with Crippen molar-refractivity contribution in [3.8, 4) is 0 Å². The molecule has 172 valence electrons. The number of hydrogen-bond donors (Lipinski definition) is 0. The second-order valence-corrected chi connectivity index (χ2v) is 9.63. The highest BCUT2D eigenvalue weighted by Gasteiger charge is 2.45. The van der Waals surface area contributed by atoms with Gasteiger partial charge in [0.05, 0.1) is 18.6 Å². The zero-order valence-electron chi connectivity index (χ0n) is 19.1. The molecule has 1 aliphatic carbocycles. The first-order valence-electron chi connectivity index (χ1n) is 11.4. The predicted octanol–water partition coefficient (Wildman–Crippen LogP) is 3.33. The molecule has 0 radical (unpaired) electrons. The Kier molecular flexibility index (Phi) is 7.03. The maximum Gasteiger partial charge on any atom is 0.335 e. The van der Waals surface area contributed by atoms with E-state index in [0.29, 0.717) is 5.57 Å². The van der Waals surface area contributed by atoms with Crippen molar-refractivity contribution < 1.29 is 14.3 Å². The molecule has 6 nitrogen and oxygen atoms in total. The molecule has 2 atom stereocenters. The summed E-state index contributed by atoms with van der Waals surface area (Å²) in [5, 5.41) is 0.764. The van der Waals surface area contributed by atoms with Crippen LogP contribution in [0.1, 0.15) is 25.8 Å². The lowest BCUT2D eigenvalue weighted by Gasteiger charge is -2.38. The van der Waals surface area contributed by atoms with E-state index < -0.39 is 0 Å². The van der Waals surface area contributed by atoms with Crippen LogP contribution in [0.5, 0.6) is 0 Å². The van der Waals surface area contributed by atoms with Gasteiger partial charge in [-0.3, -0.25) is 14.6 Å². The van der Waals surface area contributed by atoms with Gasteiger partial charge >= 0.3 is 5.97 Å². The smallest absolute Gasteiger partial charge is 0.335 e. The zero-order valence-corrected chi connectivity index (χ0v) is 19.8. The van der Waals surface area contributed by atoms with Gasteiger partial charge in [-0.25, -0.2) is 4.79 Å². The molecule has 1 fully saturated rings. The van der Waals surface area contributed by atoms with Crippen molar-refractivity contribution in [2.45, 2.75) is 32.9 Å². The fraction of sp³-hybridized carbons (Fsp3) is 0.520. The van der Waals surface area contributed by atoms with Crippen LogP contribution < -0.4 is 0 Å². The van der Waals surface area contributed by atoms with Crippen LogP contribution in [-0.4, -0.2) is 72.5 Å². The maximum atomic E-state index is 13.3. The number of methoxy groups -OCH3 is 1. The van der Waals surface area contributed by atoms with Gasteiger partial charge in [0.1, 0.15) is 0 Å². The van der Waals surface area contributed by atoms with Crippen molar-refractivity contribution in [2.75, 3.05) is 39.8 Å². The summed E-state index contributed by atoms with van der Waals surface area (Å²) in [5.41, 5.74) is 3.03. The van der Waals surface area contributed by atoms with Gasteiger partial charge in [0, 0.05) is 62.5 Å². The summed E-state index contributed by atoms with van der Waals surface area (Å²) in [5.74, 6) is -0.596. The molecule has 2 aliphatic heterocycles. The standard InChI is InChI=1S/C25H32ClN3O3/c1-17(2)29-16-22(25(31)32-3)21-9-6-19(23(21)24(29)30)15-28-12-10-27(11-13-28)14-18-4-7-20(26)8-5-18/h4-8,16-17,21,23H,9-15H2,1-3H3/t21-,23-/m1/s1. The second kappa shape index (κ2) is 9.77. The minimum absolute atomic E-state index is 0.00127. The fourth-order valence-corrected chi connectivity index (χ4v) is 5.13. The summed E-state index contributed by atoms with van der Waals surface area (Å²) in [6, 6.07) is 8.05. The molecule has 32 heavy (non-hydrogen) atoms. The van der Waals surface area contributed by atoms with Crippen LogP contribution in [0, 0.1) is 11.8 Å². The van der Waals surface area contributed by atoms with Crippen molar-refractivity contribution in [2.24, 2.45) is 11.8 Å². The monoisotopic (exact) mass is 457 g/mol. The van der Waals surface area contributed by atoms with Crippen molar-refractivity contribution in [3.63, 3.8) is 0 Å². The van der Waals surface area contributed by atoms with E-state index >= 15 is 0 Å². The molecule has 7 heteroatoms. The van der Waals surface area contributed by atoms with Crippen LogP contribution in [0.25, 0.3) is 0 Å². The van der Waals surface area contributed by atoms with E-state index in [1.165, 1.54) is 12.7 Å². The highest BCUT2D eigenvalue weighted by Crippen LogP contribution is 2.42. The molecule has 1 saturated heterocycles. The molecule has 0 bridgehead atoms. The number of halogens is 1. The van der Waals surface area contributed by atoms with Crippen LogP contribution in [-0.2, 0) is 20.9 Å². The van der Waals surface area contributed by atoms with E-state index in [4.69, 9.17) is 16.3 Å². The third kappa shape index (κ3) is 4.77. The van der Waals surface area contributed by atoms with Gasteiger partial charge in [-0.15, -0.1) is 0 Å². The fourth-order valence-electron chi connectivity index (χ4n) is 5.01. The lowest BCUT2D eigenvalue weighted by molar-refractivity contribution is -0.139. The Balaban J connectivity index is 1.38. The summed E-state index contributed by atoms with van der Waals surface area (Å²) in [6.07, 6.45) is 4.61. The van der Waals surface area contributed by atoms with Crippen LogP contribution in [0.3, 0.4) is 0 Å². The summed E-state index contributed by atoms with van der Waals surface area (Å²) < 4.78 is 5.02. The lowest BCUT2D eigenvalue weighted by Crippen LogP contribution is -2.49. The van der Waals surface area contributed by atoms with E-state index in [2.05, 4.69) is 28.0 Å². The van der Waals surface area contributed by atoms with Crippen LogP contribution >= 0.6 is 11.6 Å². The molecule has 1 aromatic carbocycles. The van der Waals surface area contributed by atoms with Crippen molar-refractivity contribution in [3.05, 3.63) is 58.3 Å². The van der Waals surface area contributed by atoms with Gasteiger partial charge in [-0.2, -0.15) is 0 Å². The Labute approximate surface area is 195 Å². The van der Waals surface area contributed by atoms with Gasteiger partial charge in [-0.05, 0) is 43.5 Å². The summed E-state index contributed by atoms with van der Waals surface area (Å²) in [6.45, 7) is 9.56. The first-order valence-corrected chi connectivity index (χ1v) is 11.8. The lowest BCUT2D eigenvalue weighted by atomic mass is 9.81. The minimum Gasteiger partial charge on any atom is -0.466 e. The summed E-state index contributed by atoms with van der Waals surface area (Å²) in [4.78, 5) is 32.3. The third-order valence-corrected chi connectivity index (χ3v) is 7.05. The van der Waals surface area contributed by atoms with E-state index in [1.807, 2.05) is 26.0 Å². The van der Waals surface area contributed by atoms with E-state index in [0.717, 1.165) is 56.3 Å². The second-order valence-electron chi connectivity index (χ2n) is 9.19. The number of allylic oxidation sites excluding steroid dienone is 1. The number of hydrogen-bond acceptors (Lipinski definition) is 5. The Morgan fingerprint density at radius 1 is 1.09 bits per heavy atom. The number of benzene rings is 1. The first kappa shape index (κ1) is 23.0. The number of carbonyl (C=O) groups is 2. The number of nitrogens with zero attached hydrogens (tertiary/aromatic N) is 3. The number of fused-ring (bicyclic) bond motifs is 1. The molecule has 0 unspecified atom stereocenters. The summed E-state index contributed by atoms with van der Waals surface area (Å²) >= 11 is 5.99. The Morgan fingerprint density at radius 3 is 2.31 bits per heavy atom. The average molecular weight is 458 g/mol. The van der Waals surface area contributed by atoms with Crippen molar-refractivity contribution in [1.82, 2.24) is 14.7 Å². The molecule has 0 saturated carbocycles. The van der Waals surface area contributed by atoms with Gasteiger partial charge in [-0.1, -0.05) is 29.8 Å². The van der Waals surface area contributed by atoms with Crippen LogP contribution in [0.15, 0.2) is 47.7 Å². The normalized spacial score (nSPS) is 24.4.